The Balaban J connectivity index is 1.71. The van der Waals surface area contributed by atoms with Gasteiger partial charge in [0.05, 0.1) is 19.9 Å². The molecule has 2 amide bonds. The Bertz CT molecular complexity index is 1670. The average molecular weight is 655 g/mol. The highest BCUT2D eigenvalue weighted by atomic mass is 35.5. The van der Waals surface area contributed by atoms with Crippen LogP contribution in [0.5, 0.6) is 5.75 Å². The van der Waals surface area contributed by atoms with Crippen molar-refractivity contribution in [1.29, 1.82) is 0 Å². The van der Waals surface area contributed by atoms with Crippen LogP contribution < -0.4 is 10.1 Å². The lowest BCUT2D eigenvalue weighted by Crippen LogP contribution is -2.47. The summed E-state index contributed by atoms with van der Waals surface area (Å²) in [5, 5.41) is 3.77. The van der Waals surface area contributed by atoms with Crippen LogP contribution in [0, 0.1) is 0 Å². The number of hydrogen-bond donors (Lipinski definition) is 1. The van der Waals surface area contributed by atoms with E-state index in [0.717, 1.165) is 21.7 Å². The molecule has 0 heterocycles. The highest BCUT2D eigenvalue weighted by molar-refractivity contribution is 7.88. The van der Waals surface area contributed by atoms with Gasteiger partial charge in [0.25, 0.3) is 0 Å². The molecular formula is C33H33Cl2N3O5S. The predicted octanol–water partition coefficient (Wildman–Crippen LogP) is 5.85. The molecule has 44 heavy (non-hydrogen) atoms. The third-order valence-corrected chi connectivity index (χ3v) is 8.74. The maximum absolute atomic E-state index is 14.2. The molecule has 0 unspecified atom stereocenters. The number of nitrogens with one attached hydrogen (secondary N) is 1. The summed E-state index contributed by atoms with van der Waals surface area (Å²) in [5.41, 5.74) is 2.66. The van der Waals surface area contributed by atoms with Gasteiger partial charge in [0, 0.05) is 29.7 Å². The molecule has 0 aromatic heterocycles. The van der Waals surface area contributed by atoms with Gasteiger partial charge in [-0.05, 0) is 46.5 Å². The van der Waals surface area contributed by atoms with E-state index < -0.39 is 34.4 Å². The quantitative estimate of drug-likeness (QED) is 0.195. The predicted molar refractivity (Wildman–Crippen MR) is 173 cm³/mol. The van der Waals surface area contributed by atoms with Crippen LogP contribution in [-0.2, 0) is 39.2 Å². The van der Waals surface area contributed by atoms with Gasteiger partial charge in [0.2, 0.25) is 21.8 Å². The van der Waals surface area contributed by atoms with Crippen molar-refractivity contribution in [2.45, 2.75) is 25.7 Å². The van der Waals surface area contributed by atoms with Crippen molar-refractivity contribution in [3.63, 3.8) is 0 Å². The van der Waals surface area contributed by atoms with Crippen LogP contribution >= 0.6 is 23.2 Å². The highest BCUT2D eigenvalue weighted by Gasteiger charge is 2.34. The summed E-state index contributed by atoms with van der Waals surface area (Å²) in [4.78, 5) is 29.6. The van der Waals surface area contributed by atoms with Crippen molar-refractivity contribution in [2.75, 3.05) is 19.9 Å². The summed E-state index contributed by atoms with van der Waals surface area (Å²) in [6.45, 7) is -0.352. The molecule has 4 aromatic rings. The van der Waals surface area contributed by atoms with Crippen LogP contribution in [0.15, 0.2) is 103 Å². The van der Waals surface area contributed by atoms with Gasteiger partial charge in [-0.3, -0.25) is 9.59 Å². The van der Waals surface area contributed by atoms with Crippen LogP contribution in [0.25, 0.3) is 0 Å². The number of carbonyl (C=O) groups excluding carboxylic acids is 2. The third kappa shape index (κ3) is 9.06. The van der Waals surface area contributed by atoms with Gasteiger partial charge in [-0.15, -0.1) is 0 Å². The van der Waals surface area contributed by atoms with Crippen LogP contribution in [0.3, 0.4) is 0 Å². The van der Waals surface area contributed by atoms with E-state index in [4.69, 9.17) is 27.9 Å². The van der Waals surface area contributed by atoms with E-state index in [9.17, 15) is 18.0 Å². The van der Waals surface area contributed by atoms with Crippen molar-refractivity contribution >= 4 is 45.0 Å². The number of hydrogen-bond acceptors (Lipinski definition) is 5. The standard InChI is InChI=1S/C33H33Cl2N3O5S/c1-43-29-17-13-25(14-18-29)22-38(31(39)23-37(44(2,41)42)21-24-9-5-3-6-10-24)32(26-11-7-4-8-12-26)33(40)36-20-27-15-16-28(34)19-30(27)35/h3-19,32H,20-23H2,1-2H3,(H,36,40)/t32-/m1/s1. The van der Waals surface area contributed by atoms with E-state index in [-0.39, 0.29) is 19.6 Å². The number of nitrogens with zero attached hydrogens (tertiary/aromatic N) is 2. The van der Waals surface area contributed by atoms with Crippen molar-refractivity contribution in [3.8, 4) is 5.75 Å². The first-order valence-corrected chi connectivity index (χ1v) is 16.3. The molecule has 0 fully saturated rings. The molecule has 1 atom stereocenters. The zero-order valence-corrected chi connectivity index (χ0v) is 26.6. The van der Waals surface area contributed by atoms with Crippen LogP contribution in [0.4, 0.5) is 0 Å². The molecular weight excluding hydrogens is 621 g/mol. The molecule has 8 nitrogen and oxygen atoms in total. The third-order valence-electron chi connectivity index (χ3n) is 6.96. The largest absolute Gasteiger partial charge is 0.497 e. The summed E-state index contributed by atoms with van der Waals surface area (Å²) >= 11 is 12.4. The second-order valence-corrected chi connectivity index (χ2v) is 13.0. The smallest absolute Gasteiger partial charge is 0.247 e. The molecule has 0 radical (unpaired) electrons. The fourth-order valence-corrected chi connectivity index (χ4v) is 5.83. The second kappa shape index (κ2) is 15.2. The summed E-state index contributed by atoms with van der Waals surface area (Å²) < 4.78 is 32.1. The molecule has 0 saturated carbocycles. The monoisotopic (exact) mass is 653 g/mol. The Morgan fingerprint density at radius 1 is 0.841 bits per heavy atom. The summed E-state index contributed by atoms with van der Waals surface area (Å²) in [7, 11) is -2.24. The van der Waals surface area contributed by atoms with E-state index in [1.165, 1.54) is 4.90 Å². The molecule has 1 N–H and O–H groups in total. The normalized spacial score (nSPS) is 12.0. The Kier molecular flexibility index (Phi) is 11.4. The number of halogens is 2. The minimum absolute atomic E-state index is 0.000937. The topological polar surface area (TPSA) is 96.0 Å². The fraction of sp³-hybridized carbons (Fsp3) is 0.212. The summed E-state index contributed by atoms with van der Waals surface area (Å²) in [5.74, 6) is -0.372. The van der Waals surface area contributed by atoms with Gasteiger partial charge in [0.1, 0.15) is 11.8 Å². The molecule has 230 valence electrons. The number of rotatable bonds is 13. The number of methoxy groups -OCH3 is 1. The van der Waals surface area contributed by atoms with E-state index >= 15 is 0 Å². The zero-order valence-electron chi connectivity index (χ0n) is 24.3. The van der Waals surface area contributed by atoms with Gasteiger partial charge >= 0.3 is 0 Å². The van der Waals surface area contributed by atoms with E-state index in [1.54, 1.807) is 98.1 Å². The summed E-state index contributed by atoms with van der Waals surface area (Å²) in [6.07, 6.45) is 1.06. The molecule has 0 spiro atoms. The minimum atomic E-state index is -3.80. The number of sulfonamides is 1. The Labute approximate surface area is 268 Å². The van der Waals surface area contributed by atoms with Crippen LogP contribution in [0.2, 0.25) is 10.0 Å². The molecule has 0 aliphatic heterocycles. The molecule has 0 saturated heterocycles. The zero-order chi connectivity index (χ0) is 31.7. The maximum atomic E-state index is 14.2. The van der Waals surface area contributed by atoms with Crippen molar-refractivity contribution in [1.82, 2.24) is 14.5 Å². The van der Waals surface area contributed by atoms with Crippen molar-refractivity contribution in [2.24, 2.45) is 0 Å². The number of amides is 2. The Morgan fingerprint density at radius 3 is 2.05 bits per heavy atom. The first-order valence-electron chi connectivity index (χ1n) is 13.7. The maximum Gasteiger partial charge on any atom is 0.247 e. The van der Waals surface area contributed by atoms with E-state index in [0.29, 0.717) is 26.9 Å². The second-order valence-electron chi connectivity index (χ2n) is 10.2. The van der Waals surface area contributed by atoms with Gasteiger partial charge < -0.3 is 15.0 Å². The molecule has 4 aromatic carbocycles. The molecule has 0 aliphatic rings. The number of carbonyl (C=O) groups is 2. The van der Waals surface area contributed by atoms with Crippen LogP contribution in [-0.4, -0.2) is 49.3 Å². The summed E-state index contributed by atoms with van der Waals surface area (Å²) in [6, 6.07) is 28.9. The lowest BCUT2D eigenvalue weighted by atomic mass is 10.0. The number of benzene rings is 4. The van der Waals surface area contributed by atoms with Crippen molar-refractivity contribution < 1.29 is 22.7 Å². The highest BCUT2D eigenvalue weighted by Crippen LogP contribution is 2.27. The molecule has 0 bridgehead atoms. The number of ether oxygens (including phenoxy) is 1. The lowest BCUT2D eigenvalue weighted by Gasteiger charge is -2.33. The molecule has 0 aliphatic carbocycles. The first-order chi connectivity index (χ1) is 21.0. The van der Waals surface area contributed by atoms with Crippen LogP contribution in [0.1, 0.15) is 28.3 Å². The van der Waals surface area contributed by atoms with Gasteiger partial charge in [0.15, 0.2) is 0 Å². The first kappa shape index (κ1) is 33.0. The lowest BCUT2D eigenvalue weighted by molar-refractivity contribution is -0.141. The van der Waals surface area contributed by atoms with Gasteiger partial charge in [-0.1, -0.05) is 102 Å². The fourth-order valence-electron chi connectivity index (χ4n) is 4.62. The van der Waals surface area contributed by atoms with Gasteiger partial charge in [-0.25, -0.2) is 8.42 Å². The average Bonchev–Trinajstić information content (AvgIpc) is 3.01. The van der Waals surface area contributed by atoms with E-state index in [2.05, 4.69) is 5.32 Å². The SMILES string of the molecule is COc1ccc(CN(C(=O)CN(Cc2ccccc2)S(C)(=O)=O)[C@@H](C(=O)NCc2ccc(Cl)cc2Cl)c2ccccc2)cc1. The molecule has 4 rings (SSSR count). The Hall–Kier alpha value is -3.89. The minimum Gasteiger partial charge on any atom is -0.497 e. The Morgan fingerprint density at radius 2 is 1.45 bits per heavy atom. The van der Waals surface area contributed by atoms with E-state index in [1.807, 2.05) is 12.1 Å². The molecule has 11 heteroatoms. The van der Waals surface area contributed by atoms with Gasteiger partial charge in [-0.2, -0.15) is 4.31 Å². The van der Waals surface area contributed by atoms with Crippen molar-refractivity contribution in [3.05, 3.63) is 135 Å².